The van der Waals surface area contributed by atoms with Gasteiger partial charge >= 0.3 is 11.9 Å². The summed E-state index contributed by atoms with van der Waals surface area (Å²) in [6.45, 7) is 0.773. The van der Waals surface area contributed by atoms with Gasteiger partial charge in [0.1, 0.15) is 18.8 Å². The quantitative estimate of drug-likeness (QED) is 0.110. The number of rotatable bonds is 23. The van der Waals surface area contributed by atoms with E-state index in [-0.39, 0.29) is 19.4 Å². The number of carbonyl (C=O) groups is 2. The molecule has 1 heterocycles. The van der Waals surface area contributed by atoms with Crippen molar-refractivity contribution in [3.8, 4) is 0 Å². The van der Waals surface area contributed by atoms with Gasteiger partial charge in [-0.3, -0.25) is 9.59 Å². The molecule has 4 N–H and O–H groups in total. The molecule has 0 saturated carbocycles. The van der Waals surface area contributed by atoms with E-state index in [2.05, 4.69) is 0 Å². The molecule has 8 nitrogen and oxygen atoms in total. The van der Waals surface area contributed by atoms with Gasteiger partial charge in [-0.05, 0) is 12.8 Å². The van der Waals surface area contributed by atoms with E-state index in [0.717, 1.165) is 70.6 Å². The predicted molar refractivity (Wildman–Crippen MR) is 149 cm³/mol. The van der Waals surface area contributed by atoms with Crippen molar-refractivity contribution < 1.29 is 36.8 Å². The Balaban J connectivity index is 2.20. The second kappa shape index (κ2) is 22.6. The molecule has 1 rings (SSSR count). The van der Waals surface area contributed by atoms with Crippen molar-refractivity contribution in [2.75, 3.05) is 6.61 Å². The fourth-order valence-corrected chi connectivity index (χ4v) is 4.71. The van der Waals surface area contributed by atoms with E-state index in [1.807, 2.05) is 0 Å². The number of unbranched alkanes of at least 4 members (excludes halogenated alkanes) is 16. The Morgan fingerprint density at radius 3 is 1.68 bits per heavy atom. The Kier molecular flexibility index (Phi) is 18.6. The number of esters is 2. The minimum atomic E-state index is -1.45. The van der Waals surface area contributed by atoms with Gasteiger partial charge in [-0.2, -0.15) is 0 Å². The molecule has 224 valence electrons. The van der Waals surface area contributed by atoms with E-state index in [1.165, 1.54) is 38.5 Å². The van der Waals surface area contributed by atoms with Crippen LogP contribution in [0.2, 0.25) is 0 Å². The molecular formula is C30H57NO7. The zero-order valence-corrected chi connectivity index (χ0v) is 23.7. The van der Waals surface area contributed by atoms with E-state index in [9.17, 15) is 19.8 Å². The summed E-state index contributed by atoms with van der Waals surface area (Å²) < 4.78 is 30.3. The molecule has 0 spiro atoms. The van der Waals surface area contributed by atoms with Crippen molar-refractivity contribution in [2.45, 2.75) is 173 Å². The van der Waals surface area contributed by atoms with Crippen molar-refractivity contribution in [3.05, 3.63) is 0 Å². The van der Waals surface area contributed by atoms with Crippen LogP contribution in [0.1, 0.15) is 145 Å². The minimum absolute atomic E-state index is 0.210. The number of aliphatic hydroxyl groups is 2. The molecule has 1 aliphatic rings. The lowest BCUT2D eigenvalue weighted by molar-refractivity contribution is -0.256. The average Bonchev–Trinajstić information content (AvgIpc) is 2.94. The zero-order valence-electron chi connectivity index (χ0n) is 25.7. The summed E-state index contributed by atoms with van der Waals surface area (Å²) in [4.78, 5) is 24.5. The molecule has 0 radical (unpaired) electrons. The van der Waals surface area contributed by atoms with Crippen LogP contribution in [0.4, 0.5) is 0 Å². The molecule has 1 aliphatic heterocycles. The SMILES string of the molecule is [2H]CCCCCCCCCCCC(=O)OC[C@H]1OC(O)[C@H](N)[C@@H](OC(=O)CCCCCCCCCCC[2H])[C@@H]1O. The number of nitrogens with two attached hydrogens (primary N) is 1. The molecule has 0 aliphatic carbocycles. The Morgan fingerprint density at radius 1 is 0.737 bits per heavy atom. The van der Waals surface area contributed by atoms with E-state index in [1.54, 1.807) is 0 Å². The maximum absolute atomic E-state index is 12.4. The lowest BCUT2D eigenvalue weighted by Crippen LogP contribution is -2.63. The van der Waals surface area contributed by atoms with Crippen LogP contribution in [0.3, 0.4) is 0 Å². The summed E-state index contributed by atoms with van der Waals surface area (Å²) in [5, 5.41) is 20.9. The largest absolute Gasteiger partial charge is 0.463 e. The fraction of sp³-hybridized carbons (Fsp3) is 0.933. The third-order valence-electron chi connectivity index (χ3n) is 7.18. The van der Waals surface area contributed by atoms with Gasteiger partial charge in [0.15, 0.2) is 12.4 Å². The Bertz CT molecular complexity index is 643. The highest BCUT2D eigenvalue weighted by molar-refractivity contribution is 5.70. The van der Waals surface area contributed by atoms with Gasteiger partial charge in [0.05, 0.1) is 6.04 Å². The standard InChI is InChI=1S/C30H57NO7/c1-3-5-7-9-11-13-15-17-19-21-25(32)36-23-24-28(34)29(27(31)30(35)37-24)38-26(33)22-20-18-16-14-12-10-8-6-4-2/h24,27-30,34-35H,3-23,31H2,1-2H3/t24-,27-,28-,29-,30?/m1/s1/i1D,2D. The average molecular weight is 546 g/mol. The highest BCUT2D eigenvalue weighted by atomic mass is 16.6. The normalized spacial score (nSPS) is 24.0. The van der Waals surface area contributed by atoms with Crippen LogP contribution in [0.5, 0.6) is 0 Å². The third kappa shape index (κ3) is 16.0. The van der Waals surface area contributed by atoms with Crippen LogP contribution in [0.25, 0.3) is 0 Å². The molecule has 38 heavy (non-hydrogen) atoms. The smallest absolute Gasteiger partial charge is 0.306 e. The highest BCUT2D eigenvalue weighted by Crippen LogP contribution is 2.23. The van der Waals surface area contributed by atoms with Gasteiger partial charge < -0.3 is 30.2 Å². The van der Waals surface area contributed by atoms with Crippen LogP contribution >= 0.6 is 0 Å². The van der Waals surface area contributed by atoms with Crippen molar-refractivity contribution in [2.24, 2.45) is 5.73 Å². The van der Waals surface area contributed by atoms with Crippen LogP contribution in [0, 0.1) is 0 Å². The maximum Gasteiger partial charge on any atom is 0.306 e. The molecule has 0 aromatic carbocycles. The highest BCUT2D eigenvalue weighted by Gasteiger charge is 2.45. The first kappa shape index (κ1) is 31.3. The summed E-state index contributed by atoms with van der Waals surface area (Å²) in [7, 11) is 0. The molecule has 5 atom stereocenters. The summed E-state index contributed by atoms with van der Waals surface area (Å²) in [6, 6.07) is -1.10. The molecule has 1 saturated heterocycles. The van der Waals surface area contributed by atoms with Crippen LogP contribution < -0.4 is 5.73 Å². The lowest BCUT2D eigenvalue weighted by Gasteiger charge is -2.40. The van der Waals surface area contributed by atoms with Crippen LogP contribution in [-0.2, 0) is 23.8 Å². The summed E-state index contributed by atoms with van der Waals surface area (Å²) in [5.74, 6) is -0.871. The van der Waals surface area contributed by atoms with E-state index >= 15 is 0 Å². The molecule has 0 bridgehead atoms. The van der Waals surface area contributed by atoms with E-state index in [0.29, 0.717) is 20.2 Å². The number of ether oxygens (including phenoxy) is 3. The second-order valence-corrected chi connectivity index (χ2v) is 10.6. The molecule has 0 aromatic heterocycles. The van der Waals surface area contributed by atoms with Crippen molar-refractivity contribution >= 4 is 11.9 Å². The predicted octanol–water partition coefficient (Wildman–Crippen LogP) is 5.69. The number of aliphatic hydroxyl groups excluding tert-OH is 2. The number of hydrogen-bond donors (Lipinski definition) is 3. The molecule has 0 amide bonds. The van der Waals surface area contributed by atoms with Crippen molar-refractivity contribution in [1.29, 1.82) is 0 Å². The Labute approximate surface area is 234 Å². The van der Waals surface area contributed by atoms with Crippen LogP contribution in [0.15, 0.2) is 0 Å². The maximum atomic E-state index is 12.4. The minimum Gasteiger partial charge on any atom is -0.463 e. The van der Waals surface area contributed by atoms with Gasteiger partial charge in [0, 0.05) is 15.6 Å². The molecule has 1 unspecified atom stereocenters. The first-order chi connectivity index (χ1) is 19.4. The molecule has 8 heteroatoms. The third-order valence-corrected chi connectivity index (χ3v) is 7.18. The van der Waals surface area contributed by atoms with E-state index < -0.39 is 42.6 Å². The molecule has 0 aromatic rings. The summed E-state index contributed by atoms with van der Waals surface area (Å²) in [5.41, 5.74) is 5.94. The summed E-state index contributed by atoms with van der Waals surface area (Å²) in [6.07, 6.45) is 14.6. The van der Waals surface area contributed by atoms with Gasteiger partial charge in [0.2, 0.25) is 0 Å². The monoisotopic (exact) mass is 545 g/mol. The molecular weight excluding hydrogens is 486 g/mol. The number of hydrogen-bond acceptors (Lipinski definition) is 8. The second-order valence-electron chi connectivity index (χ2n) is 10.6. The van der Waals surface area contributed by atoms with Gasteiger partial charge in [0.25, 0.3) is 0 Å². The Morgan fingerprint density at radius 2 is 1.18 bits per heavy atom. The summed E-state index contributed by atoms with van der Waals surface area (Å²) >= 11 is 0. The van der Waals surface area contributed by atoms with Gasteiger partial charge in [-0.15, -0.1) is 0 Å². The fourth-order valence-electron chi connectivity index (χ4n) is 4.71. The van der Waals surface area contributed by atoms with Crippen LogP contribution in [-0.4, -0.2) is 59.4 Å². The first-order valence-electron chi connectivity index (χ1n) is 16.5. The lowest BCUT2D eigenvalue weighted by atomic mass is 9.97. The van der Waals surface area contributed by atoms with Gasteiger partial charge in [-0.25, -0.2) is 0 Å². The molecule has 1 fully saturated rings. The number of carbonyl (C=O) groups excluding carboxylic acids is 2. The first-order valence-corrected chi connectivity index (χ1v) is 15.1. The van der Waals surface area contributed by atoms with Crippen molar-refractivity contribution in [3.63, 3.8) is 0 Å². The Hall–Kier alpha value is -1.22. The van der Waals surface area contributed by atoms with Crippen molar-refractivity contribution in [1.82, 2.24) is 0 Å². The van der Waals surface area contributed by atoms with Gasteiger partial charge in [-0.1, -0.05) is 117 Å². The topological polar surface area (TPSA) is 128 Å². The zero-order chi connectivity index (χ0) is 29.4. The van der Waals surface area contributed by atoms with E-state index in [4.69, 9.17) is 22.7 Å².